The summed E-state index contributed by atoms with van der Waals surface area (Å²) in [5.74, 6) is 0.600. The molecule has 0 amide bonds. The maximum atomic E-state index is 5.91. The number of hydrogen-bond acceptors (Lipinski definition) is 0. The molecule has 0 radical (unpaired) electrons. The fourth-order valence-electron chi connectivity index (χ4n) is 2.25. The van der Waals surface area contributed by atoms with Crippen LogP contribution in [0.5, 0.6) is 0 Å². The minimum absolute atomic E-state index is 0.600. The van der Waals surface area contributed by atoms with E-state index >= 15 is 0 Å². The predicted molar refractivity (Wildman–Crippen MR) is 79.2 cm³/mol. The summed E-state index contributed by atoms with van der Waals surface area (Å²) in [5, 5.41) is 0. The third-order valence-electron chi connectivity index (χ3n) is 3.18. The Bertz CT molecular complexity index is 488. The summed E-state index contributed by atoms with van der Waals surface area (Å²) >= 11 is 5.91. The van der Waals surface area contributed by atoms with Crippen molar-refractivity contribution in [3.63, 3.8) is 0 Å². The molecule has 2 aromatic carbocycles. The van der Waals surface area contributed by atoms with Crippen LogP contribution < -0.4 is 0 Å². The molecule has 2 aromatic rings. The minimum atomic E-state index is 0.600. The van der Waals surface area contributed by atoms with E-state index in [2.05, 4.69) is 55.5 Å². The van der Waals surface area contributed by atoms with Crippen LogP contribution in [0.3, 0.4) is 0 Å². The number of hydrogen-bond donors (Lipinski definition) is 0. The van der Waals surface area contributed by atoms with Crippen LogP contribution >= 0.6 is 11.6 Å². The Morgan fingerprint density at radius 2 is 1.67 bits per heavy atom. The summed E-state index contributed by atoms with van der Waals surface area (Å²) in [4.78, 5) is 0. The van der Waals surface area contributed by atoms with Crippen molar-refractivity contribution in [2.45, 2.75) is 32.1 Å². The van der Waals surface area contributed by atoms with Crippen molar-refractivity contribution in [3.05, 3.63) is 70.8 Å². The predicted octanol–water partition coefficient (Wildman–Crippen LogP) is 4.97. The van der Waals surface area contributed by atoms with Gasteiger partial charge < -0.3 is 0 Å². The monoisotopic (exact) mass is 258 g/mol. The molecule has 0 spiro atoms. The Morgan fingerprint density at radius 1 is 0.889 bits per heavy atom. The molecule has 0 fully saturated rings. The van der Waals surface area contributed by atoms with Gasteiger partial charge in [-0.25, -0.2) is 0 Å². The second-order valence-corrected chi connectivity index (χ2v) is 4.92. The van der Waals surface area contributed by atoms with Crippen molar-refractivity contribution in [1.29, 1.82) is 0 Å². The number of benzene rings is 2. The topological polar surface area (TPSA) is 0 Å². The van der Waals surface area contributed by atoms with E-state index in [0.29, 0.717) is 5.88 Å². The largest absolute Gasteiger partial charge is 0.122 e. The molecule has 0 aliphatic heterocycles. The first kappa shape index (κ1) is 13.2. The third kappa shape index (κ3) is 3.36. The smallest absolute Gasteiger partial charge is 0.0474 e. The van der Waals surface area contributed by atoms with E-state index in [4.69, 9.17) is 11.6 Å². The molecule has 1 heteroatoms. The van der Waals surface area contributed by atoms with E-state index in [9.17, 15) is 0 Å². The van der Waals surface area contributed by atoms with Crippen LogP contribution in [0, 0.1) is 0 Å². The van der Waals surface area contributed by atoms with Gasteiger partial charge in [0.2, 0.25) is 0 Å². The van der Waals surface area contributed by atoms with Crippen LogP contribution in [0.15, 0.2) is 48.5 Å². The van der Waals surface area contributed by atoms with Crippen LogP contribution in [0.25, 0.3) is 0 Å². The van der Waals surface area contributed by atoms with E-state index in [0.717, 1.165) is 12.8 Å². The Labute approximate surface area is 115 Å². The molecular formula is C17H19Cl. The lowest BCUT2D eigenvalue weighted by Crippen LogP contribution is -1.97. The first-order chi connectivity index (χ1) is 8.83. The van der Waals surface area contributed by atoms with Crippen molar-refractivity contribution < 1.29 is 0 Å². The normalized spacial score (nSPS) is 10.6. The van der Waals surface area contributed by atoms with E-state index in [1.165, 1.54) is 28.7 Å². The minimum Gasteiger partial charge on any atom is -0.122 e. The molecule has 18 heavy (non-hydrogen) atoms. The zero-order valence-electron chi connectivity index (χ0n) is 10.8. The Kier molecular flexibility index (Phi) is 4.83. The molecule has 0 aliphatic carbocycles. The molecular weight excluding hydrogens is 240 g/mol. The molecule has 0 heterocycles. The zero-order valence-corrected chi connectivity index (χ0v) is 11.6. The van der Waals surface area contributed by atoms with Gasteiger partial charge in [0, 0.05) is 5.88 Å². The lowest BCUT2D eigenvalue weighted by molar-refractivity contribution is 0.901. The summed E-state index contributed by atoms with van der Waals surface area (Å²) in [6.45, 7) is 2.22. The van der Waals surface area contributed by atoms with Gasteiger partial charge in [0.25, 0.3) is 0 Å². The molecule has 0 N–H and O–H groups in total. The summed E-state index contributed by atoms with van der Waals surface area (Å²) in [6, 6.07) is 17.3. The quantitative estimate of drug-likeness (QED) is 0.665. The number of rotatable bonds is 5. The van der Waals surface area contributed by atoms with Crippen LogP contribution in [0.1, 0.15) is 35.6 Å². The van der Waals surface area contributed by atoms with E-state index in [1.807, 2.05) is 0 Å². The Morgan fingerprint density at radius 3 is 2.33 bits per heavy atom. The lowest BCUT2D eigenvalue weighted by Gasteiger charge is -2.10. The summed E-state index contributed by atoms with van der Waals surface area (Å²) < 4.78 is 0. The average molecular weight is 259 g/mol. The fourth-order valence-corrected chi connectivity index (χ4v) is 2.42. The first-order valence-electron chi connectivity index (χ1n) is 6.54. The van der Waals surface area contributed by atoms with Crippen molar-refractivity contribution in [3.8, 4) is 0 Å². The third-order valence-corrected chi connectivity index (χ3v) is 3.49. The van der Waals surface area contributed by atoms with Gasteiger partial charge >= 0.3 is 0 Å². The number of aryl methyl sites for hydroxylation is 1. The van der Waals surface area contributed by atoms with E-state index in [1.54, 1.807) is 0 Å². The van der Waals surface area contributed by atoms with Crippen molar-refractivity contribution in [2.75, 3.05) is 0 Å². The van der Waals surface area contributed by atoms with Crippen molar-refractivity contribution >= 4 is 11.6 Å². The van der Waals surface area contributed by atoms with Gasteiger partial charge in [-0.05, 0) is 35.1 Å². The van der Waals surface area contributed by atoms with Gasteiger partial charge in [-0.3, -0.25) is 0 Å². The molecule has 0 saturated carbocycles. The maximum Gasteiger partial charge on any atom is 0.0474 e. The molecule has 94 valence electrons. The number of alkyl halides is 1. The van der Waals surface area contributed by atoms with Crippen LogP contribution in [0.4, 0.5) is 0 Å². The highest BCUT2D eigenvalue weighted by atomic mass is 35.5. The van der Waals surface area contributed by atoms with E-state index in [-0.39, 0.29) is 0 Å². The van der Waals surface area contributed by atoms with Crippen molar-refractivity contribution in [1.82, 2.24) is 0 Å². The standard InChI is InChI=1S/C17H19Cl/c1-2-6-16-12-15(13-18)9-10-17(16)11-14-7-4-3-5-8-14/h3-5,7-10,12H,2,6,11,13H2,1H3. The Hall–Kier alpha value is -1.27. The Balaban J connectivity index is 2.26. The first-order valence-corrected chi connectivity index (χ1v) is 7.07. The summed E-state index contributed by atoms with van der Waals surface area (Å²) in [7, 11) is 0. The molecule has 0 nitrogen and oxygen atoms in total. The second-order valence-electron chi connectivity index (χ2n) is 4.65. The molecule has 2 rings (SSSR count). The number of halogens is 1. The summed E-state index contributed by atoms with van der Waals surface area (Å²) in [6.07, 6.45) is 3.32. The molecule has 0 atom stereocenters. The van der Waals surface area contributed by atoms with Gasteiger partial charge in [-0.1, -0.05) is 61.9 Å². The molecule has 0 aliphatic rings. The highest BCUT2D eigenvalue weighted by Gasteiger charge is 2.04. The molecule has 0 aromatic heterocycles. The SMILES string of the molecule is CCCc1cc(CCl)ccc1Cc1ccccc1. The van der Waals surface area contributed by atoms with Gasteiger partial charge in [-0.2, -0.15) is 0 Å². The van der Waals surface area contributed by atoms with Gasteiger partial charge in [0.05, 0.1) is 0 Å². The van der Waals surface area contributed by atoms with Crippen LogP contribution in [-0.4, -0.2) is 0 Å². The molecule has 0 bridgehead atoms. The van der Waals surface area contributed by atoms with Gasteiger partial charge in [0.1, 0.15) is 0 Å². The zero-order chi connectivity index (χ0) is 12.8. The highest BCUT2D eigenvalue weighted by molar-refractivity contribution is 6.17. The lowest BCUT2D eigenvalue weighted by atomic mass is 9.95. The average Bonchev–Trinajstić information content (AvgIpc) is 2.42. The fraction of sp³-hybridized carbons (Fsp3) is 0.294. The molecule has 0 saturated heterocycles. The van der Waals surface area contributed by atoms with Crippen molar-refractivity contribution in [2.24, 2.45) is 0 Å². The van der Waals surface area contributed by atoms with E-state index < -0.39 is 0 Å². The van der Waals surface area contributed by atoms with Crippen LogP contribution in [-0.2, 0) is 18.7 Å². The summed E-state index contributed by atoms with van der Waals surface area (Å²) in [5.41, 5.74) is 5.46. The highest BCUT2D eigenvalue weighted by Crippen LogP contribution is 2.19. The van der Waals surface area contributed by atoms with Gasteiger partial charge in [-0.15, -0.1) is 11.6 Å². The second kappa shape index (κ2) is 6.61. The van der Waals surface area contributed by atoms with Crippen LogP contribution in [0.2, 0.25) is 0 Å². The maximum absolute atomic E-state index is 5.91. The molecule has 0 unspecified atom stereocenters. The van der Waals surface area contributed by atoms with Gasteiger partial charge in [0.15, 0.2) is 0 Å².